The smallest absolute Gasteiger partial charge is 0.399 e. The molecule has 0 heterocycles. The summed E-state index contributed by atoms with van der Waals surface area (Å²) < 4.78 is 539. The van der Waals surface area contributed by atoms with Gasteiger partial charge in [-0.05, 0) is 164 Å². The van der Waals surface area contributed by atoms with E-state index in [2.05, 4.69) is 0 Å². The van der Waals surface area contributed by atoms with E-state index in [9.17, 15) is 52.7 Å². The summed E-state index contributed by atoms with van der Waals surface area (Å²) in [7, 11) is 0. The Morgan fingerprint density at radius 2 is 0.250 bits per heavy atom. The molecule has 0 aromatic heterocycles. The minimum atomic E-state index is -6.90. The first-order valence-electron chi connectivity index (χ1n) is 23.6. The molecule has 0 radical (unpaired) electrons. The molecule has 0 unspecified atom stereocenters. The van der Waals surface area contributed by atoms with Crippen LogP contribution in [0.3, 0.4) is 0 Å². The third-order valence-corrected chi connectivity index (χ3v) is 13.3. The summed E-state index contributed by atoms with van der Waals surface area (Å²) in [6.07, 6.45) is -79.1. The molecule has 7 aromatic carbocycles. The molecule has 0 aliphatic heterocycles. The number of halogens is 36. The molecule has 0 saturated heterocycles. The van der Waals surface area contributed by atoms with Gasteiger partial charge in [-0.3, -0.25) is 0 Å². The molecule has 7 aromatic rings. The average Bonchev–Trinajstić information content (AvgIpc) is 0.730. The van der Waals surface area contributed by atoms with Crippen molar-refractivity contribution in [2.24, 2.45) is 0 Å². The Hall–Kier alpha value is -8.38. The van der Waals surface area contributed by atoms with E-state index in [0.29, 0.717) is 0 Å². The molecule has 0 aliphatic rings. The van der Waals surface area contributed by atoms with E-state index in [1.54, 1.807) is 0 Å². The molecule has 2 nitrogen and oxygen atoms in total. The second kappa shape index (κ2) is 22.2. The van der Waals surface area contributed by atoms with Crippen molar-refractivity contribution in [2.75, 3.05) is 11.5 Å². The maximum absolute atomic E-state index is 15.3. The van der Waals surface area contributed by atoms with E-state index in [1.165, 1.54) is 0 Å². The predicted molar refractivity (Wildman–Crippen MR) is 248 cm³/mol. The van der Waals surface area contributed by atoms with E-state index in [0.717, 1.165) is 0 Å². The van der Waals surface area contributed by atoms with E-state index in [-0.39, 0.29) is 36.4 Å². The SMILES string of the molecule is Nc1ccc(C(F)(F)F)c(-c2cc(-c3cc(-c4cc(-c5cc(-c6cc(-c7cc(N)ccc7C(F)(F)F)c(C(F)(F)F)cc6C(F)(F)F)c(C(F)(F)F)cc5C(F)(F)F)c(C(F)(F)F)cc4C(F)(F)F)c(C(F)(F)F)cc3C(F)(F)F)c(C(F)(F)F)cc2C(F)(F)F)c1. The molecule has 92 heavy (non-hydrogen) atoms. The van der Waals surface area contributed by atoms with Crippen molar-refractivity contribution in [1.29, 1.82) is 0 Å². The number of anilines is 2. The first-order valence-corrected chi connectivity index (χ1v) is 23.6. The summed E-state index contributed by atoms with van der Waals surface area (Å²) in [4.78, 5) is 0. The average molecular weight is 1380 g/mol. The van der Waals surface area contributed by atoms with E-state index < -0.39 is 280 Å². The summed E-state index contributed by atoms with van der Waals surface area (Å²) in [5, 5.41) is 0. The van der Waals surface area contributed by atoms with Gasteiger partial charge in [0.05, 0.1) is 66.8 Å². The molecule has 0 atom stereocenters. The summed E-state index contributed by atoms with van der Waals surface area (Å²) in [5.74, 6) is 0. The zero-order chi connectivity index (χ0) is 70.3. The lowest BCUT2D eigenvalue weighted by atomic mass is 9.81. The number of nitrogens with two attached hydrogens (primary N) is 2. The second-order valence-corrected chi connectivity index (χ2v) is 19.3. The van der Waals surface area contributed by atoms with Gasteiger partial charge in [0.25, 0.3) is 0 Å². The van der Waals surface area contributed by atoms with Crippen molar-refractivity contribution >= 4 is 11.4 Å². The number of rotatable bonds is 6. The Morgan fingerprint density at radius 3 is 0.359 bits per heavy atom. The van der Waals surface area contributed by atoms with Crippen molar-refractivity contribution < 1.29 is 158 Å². The van der Waals surface area contributed by atoms with Gasteiger partial charge in [-0.1, -0.05) is 0 Å². The predicted octanol–water partition coefficient (Wildman–Crippen LogP) is 23.1. The van der Waals surface area contributed by atoms with Crippen LogP contribution in [0.2, 0.25) is 0 Å². The lowest BCUT2D eigenvalue weighted by Crippen LogP contribution is -2.19. The Balaban J connectivity index is 1.80. The molecule has 498 valence electrons. The third-order valence-electron chi connectivity index (χ3n) is 13.3. The lowest BCUT2D eigenvalue weighted by Gasteiger charge is -2.27. The number of benzene rings is 7. The minimum Gasteiger partial charge on any atom is -0.399 e. The van der Waals surface area contributed by atoms with Gasteiger partial charge in [0.15, 0.2) is 0 Å². The van der Waals surface area contributed by atoms with Crippen molar-refractivity contribution in [2.45, 2.75) is 74.1 Å². The summed E-state index contributed by atoms with van der Waals surface area (Å²) >= 11 is 0. The minimum absolute atomic E-state index is 0.127. The highest BCUT2D eigenvalue weighted by atomic mass is 19.5. The molecule has 0 fully saturated rings. The molecule has 7 rings (SSSR count). The third kappa shape index (κ3) is 14.2. The van der Waals surface area contributed by atoms with Crippen molar-refractivity contribution in [3.8, 4) is 66.8 Å². The van der Waals surface area contributed by atoms with Crippen molar-refractivity contribution in [3.63, 3.8) is 0 Å². The number of hydrogen-bond acceptors (Lipinski definition) is 2. The van der Waals surface area contributed by atoms with Crippen LogP contribution >= 0.6 is 0 Å². The Kier molecular flexibility index (Phi) is 17.1. The molecular formula is C54H20F36N2. The molecule has 38 heteroatoms. The number of nitrogen functional groups attached to an aromatic ring is 2. The van der Waals surface area contributed by atoms with Gasteiger partial charge in [-0.15, -0.1) is 0 Å². The zero-order valence-corrected chi connectivity index (χ0v) is 43.0. The van der Waals surface area contributed by atoms with Crippen molar-refractivity contribution in [1.82, 2.24) is 0 Å². The van der Waals surface area contributed by atoms with Crippen LogP contribution < -0.4 is 11.5 Å². The maximum atomic E-state index is 15.3. The first-order chi connectivity index (χ1) is 41.0. The molecular weight excluding hydrogens is 1360 g/mol. The number of alkyl halides is 36. The lowest BCUT2D eigenvalue weighted by molar-refractivity contribution is -0.145. The fraction of sp³-hybridized carbons (Fsp3) is 0.222. The normalized spacial score (nSPS) is 14.0. The van der Waals surface area contributed by atoms with Gasteiger partial charge in [0, 0.05) is 11.4 Å². The van der Waals surface area contributed by atoms with Gasteiger partial charge in [-0.25, -0.2) is 0 Å². The quantitative estimate of drug-likeness (QED) is 0.129. The molecule has 4 N–H and O–H groups in total. The van der Waals surface area contributed by atoms with Crippen LogP contribution in [-0.2, 0) is 74.1 Å². The molecule has 0 spiro atoms. The van der Waals surface area contributed by atoms with Crippen molar-refractivity contribution in [3.05, 3.63) is 164 Å². The summed E-state index contributed by atoms with van der Waals surface area (Å²) in [5.41, 5.74) is -60.6. The fourth-order valence-corrected chi connectivity index (χ4v) is 9.64. The first kappa shape index (κ1) is 71.1. The molecule has 0 saturated carbocycles. The fourth-order valence-electron chi connectivity index (χ4n) is 9.64. The van der Waals surface area contributed by atoms with E-state index in [4.69, 9.17) is 11.5 Å². The van der Waals surface area contributed by atoms with Crippen LogP contribution in [0.25, 0.3) is 66.8 Å². The van der Waals surface area contributed by atoms with Crippen LogP contribution in [0.4, 0.5) is 169 Å². The highest BCUT2D eigenvalue weighted by Crippen LogP contribution is 2.58. The highest BCUT2D eigenvalue weighted by molar-refractivity contribution is 5.91. The summed E-state index contributed by atoms with van der Waals surface area (Å²) in [6, 6.07) is -13.0. The largest absolute Gasteiger partial charge is 0.417 e. The van der Waals surface area contributed by atoms with Gasteiger partial charge in [-0.2, -0.15) is 158 Å². The van der Waals surface area contributed by atoms with Crippen LogP contribution in [0.5, 0.6) is 0 Å². The zero-order valence-electron chi connectivity index (χ0n) is 43.0. The van der Waals surface area contributed by atoms with Crippen LogP contribution in [0.1, 0.15) is 66.8 Å². The number of hydrogen-bond donors (Lipinski definition) is 2. The molecule has 0 amide bonds. The van der Waals surface area contributed by atoms with Gasteiger partial charge in [0.2, 0.25) is 0 Å². The van der Waals surface area contributed by atoms with Crippen LogP contribution in [0, 0.1) is 0 Å². The molecule has 0 aliphatic carbocycles. The standard InChI is InChI=1S/C54H20F36N2/c55-43(56,57)31-3-1-17(91)5-19(31)21-7-23(35(47(67,68)69)12-33(21)45(61,62)63)25-9-27(39(51(79,80)81)14-37(25)49(73,74)75)29-11-30(42(54(88,89)90)16-41(29)53(85,86)87)28-10-26(38(50(76,77)78)15-40(28)52(82,83)84)24-8-22(20-6-18(92)2-4-32(20)44(58,59)60)34(46(64,65)66)13-36(24)48(70,71)72/h1-16H,91-92H2. The monoisotopic (exact) mass is 1380 g/mol. The Labute approximate surface area is 485 Å². The van der Waals surface area contributed by atoms with E-state index in [1.807, 2.05) is 0 Å². The Morgan fingerprint density at radius 1 is 0.141 bits per heavy atom. The van der Waals surface area contributed by atoms with Crippen LogP contribution in [0.15, 0.2) is 97.1 Å². The highest BCUT2D eigenvalue weighted by Gasteiger charge is 2.51. The van der Waals surface area contributed by atoms with Gasteiger partial charge in [0.1, 0.15) is 0 Å². The van der Waals surface area contributed by atoms with Gasteiger partial charge < -0.3 is 11.5 Å². The topological polar surface area (TPSA) is 52.0 Å². The van der Waals surface area contributed by atoms with Crippen LogP contribution in [-0.4, -0.2) is 0 Å². The summed E-state index contributed by atoms with van der Waals surface area (Å²) in [6.45, 7) is 0. The van der Waals surface area contributed by atoms with Gasteiger partial charge >= 0.3 is 74.1 Å². The second-order valence-electron chi connectivity index (χ2n) is 19.3. The van der Waals surface area contributed by atoms with E-state index >= 15 is 105 Å². The molecule has 0 bridgehead atoms. The Bertz CT molecular complexity index is 3770. The maximum Gasteiger partial charge on any atom is 0.417 e.